The summed E-state index contributed by atoms with van der Waals surface area (Å²) in [5.41, 5.74) is 0. The van der Waals surface area contributed by atoms with Gasteiger partial charge in [0.2, 0.25) is 5.91 Å². The van der Waals surface area contributed by atoms with Gasteiger partial charge in [-0.2, -0.15) is 4.72 Å². The van der Waals surface area contributed by atoms with Crippen molar-refractivity contribution in [1.29, 1.82) is 0 Å². The smallest absolute Gasteiger partial charge is 0.250 e. The molecule has 2 N–H and O–H groups in total. The van der Waals surface area contributed by atoms with E-state index < -0.39 is 16.1 Å². The zero-order valence-electron chi connectivity index (χ0n) is 12.5. The molecule has 120 valence electrons. The van der Waals surface area contributed by atoms with E-state index in [1.54, 1.807) is 32.4 Å². The number of sulfonamides is 1. The fourth-order valence-corrected chi connectivity index (χ4v) is 4.03. The summed E-state index contributed by atoms with van der Waals surface area (Å²) in [6, 6.07) is 2.38. The lowest BCUT2D eigenvalue weighted by Gasteiger charge is -2.21. The van der Waals surface area contributed by atoms with Crippen LogP contribution in [0, 0.1) is 5.92 Å². The Morgan fingerprint density at radius 2 is 2.14 bits per heavy atom. The lowest BCUT2D eigenvalue weighted by atomic mass is 10.1. The fourth-order valence-electron chi connectivity index (χ4n) is 1.67. The van der Waals surface area contributed by atoms with E-state index in [0.29, 0.717) is 19.6 Å². The molecular weight excluding hydrogens is 312 g/mol. The van der Waals surface area contributed by atoms with Crippen molar-refractivity contribution in [2.75, 3.05) is 20.3 Å². The molecule has 0 aliphatic carbocycles. The molecule has 0 saturated heterocycles. The molecule has 0 radical (unpaired) electrons. The maximum absolute atomic E-state index is 12.2. The van der Waals surface area contributed by atoms with Crippen LogP contribution in [0.5, 0.6) is 0 Å². The predicted molar refractivity (Wildman–Crippen MR) is 82.8 cm³/mol. The van der Waals surface area contributed by atoms with Gasteiger partial charge in [-0.1, -0.05) is 19.9 Å². The molecule has 0 bridgehead atoms. The van der Waals surface area contributed by atoms with Gasteiger partial charge in [-0.15, -0.1) is 11.3 Å². The van der Waals surface area contributed by atoms with Gasteiger partial charge >= 0.3 is 0 Å². The van der Waals surface area contributed by atoms with Crippen molar-refractivity contribution < 1.29 is 17.9 Å². The van der Waals surface area contributed by atoms with Crippen molar-refractivity contribution in [3.05, 3.63) is 17.5 Å². The van der Waals surface area contributed by atoms with Crippen molar-refractivity contribution in [1.82, 2.24) is 10.0 Å². The Morgan fingerprint density at radius 3 is 2.67 bits per heavy atom. The molecule has 1 aromatic rings. The molecule has 0 unspecified atom stereocenters. The van der Waals surface area contributed by atoms with E-state index in [1.165, 1.54) is 6.07 Å². The molecule has 1 atom stereocenters. The third kappa shape index (κ3) is 5.74. The fraction of sp³-hybridized carbons (Fsp3) is 0.615. The Labute approximate surface area is 129 Å². The van der Waals surface area contributed by atoms with Gasteiger partial charge < -0.3 is 10.1 Å². The number of methoxy groups -OCH3 is 1. The van der Waals surface area contributed by atoms with E-state index in [0.717, 1.165) is 11.3 Å². The lowest BCUT2D eigenvalue weighted by molar-refractivity contribution is -0.123. The first-order valence-corrected chi connectivity index (χ1v) is 9.07. The highest BCUT2D eigenvalue weighted by Crippen LogP contribution is 2.17. The normalized spacial score (nSPS) is 13.3. The summed E-state index contributed by atoms with van der Waals surface area (Å²) in [5.74, 6) is -0.469. The molecule has 0 aliphatic heterocycles. The average molecular weight is 334 g/mol. The highest BCUT2D eigenvalue weighted by molar-refractivity contribution is 7.91. The number of rotatable bonds is 9. The van der Waals surface area contributed by atoms with Crippen molar-refractivity contribution in [3.8, 4) is 0 Å². The van der Waals surface area contributed by atoms with Crippen LogP contribution in [-0.4, -0.2) is 40.6 Å². The second-order valence-electron chi connectivity index (χ2n) is 4.91. The SMILES string of the molecule is COCCCNC(=O)[C@@H](NS(=O)(=O)c1cccs1)C(C)C. The first-order valence-electron chi connectivity index (χ1n) is 6.71. The molecule has 0 saturated carbocycles. The van der Waals surface area contributed by atoms with Gasteiger partial charge in [0.15, 0.2) is 0 Å². The summed E-state index contributed by atoms with van der Waals surface area (Å²) in [6.45, 7) is 4.61. The highest BCUT2D eigenvalue weighted by Gasteiger charge is 2.28. The second kappa shape index (κ2) is 8.47. The maximum Gasteiger partial charge on any atom is 0.250 e. The van der Waals surface area contributed by atoms with E-state index in [4.69, 9.17) is 4.74 Å². The van der Waals surface area contributed by atoms with Crippen molar-refractivity contribution >= 4 is 27.3 Å². The van der Waals surface area contributed by atoms with E-state index in [1.807, 2.05) is 0 Å². The molecule has 1 amide bonds. The van der Waals surface area contributed by atoms with Crippen LogP contribution in [0.1, 0.15) is 20.3 Å². The van der Waals surface area contributed by atoms with Crippen LogP contribution in [0.3, 0.4) is 0 Å². The topological polar surface area (TPSA) is 84.5 Å². The number of hydrogen-bond acceptors (Lipinski definition) is 5. The summed E-state index contributed by atoms with van der Waals surface area (Å²) >= 11 is 1.12. The third-order valence-corrected chi connectivity index (χ3v) is 5.65. The summed E-state index contributed by atoms with van der Waals surface area (Å²) in [4.78, 5) is 12.1. The van der Waals surface area contributed by atoms with Gasteiger partial charge in [-0.25, -0.2) is 8.42 Å². The van der Waals surface area contributed by atoms with Crippen LogP contribution in [0.4, 0.5) is 0 Å². The van der Waals surface area contributed by atoms with Crippen LogP contribution in [-0.2, 0) is 19.6 Å². The Morgan fingerprint density at radius 1 is 1.43 bits per heavy atom. The minimum absolute atomic E-state index is 0.151. The molecule has 21 heavy (non-hydrogen) atoms. The molecule has 1 rings (SSSR count). The van der Waals surface area contributed by atoms with Gasteiger partial charge in [0.25, 0.3) is 10.0 Å². The average Bonchev–Trinajstić information content (AvgIpc) is 2.95. The zero-order chi connectivity index (χ0) is 15.9. The highest BCUT2D eigenvalue weighted by atomic mass is 32.2. The molecule has 0 aliphatic rings. The largest absolute Gasteiger partial charge is 0.385 e. The molecule has 1 heterocycles. The van der Waals surface area contributed by atoms with E-state index >= 15 is 0 Å². The Balaban J connectivity index is 2.67. The molecule has 1 aromatic heterocycles. The zero-order valence-corrected chi connectivity index (χ0v) is 14.1. The third-order valence-electron chi connectivity index (χ3n) is 2.82. The van der Waals surface area contributed by atoms with Gasteiger partial charge in [-0.05, 0) is 23.8 Å². The van der Waals surface area contributed by atoms with Crippen LogP contribution in [0.25, 0.3) is 0 Å². The number of ether oxygens (including phenoxy) is 1. The molecule has 0 aromatic carbocycles. The molecule has 8 heteroatoms. The molecule has 0 fully saturated rings. The van der Waals surface area contributed by atoms with Crippen LogP contribution >= 0.6 is 11.3 Å². The summed E-state index contributed by atoms with van der Waals surface area (Å²) in [7, 11) is -2.07. The van der Waals surface area contributed by atoms with E-state index in [2.05, 4.69) is 10.0 Å². The Hall–Kier alpha value is -0.960. The quantitative estimate of drug-likeness (QED) is 0.665. The summed E-state index contributed by atoms with van der Waals surface area (Å²) < 4.78 is 32.0. The number of thiophene rings is 1. The minimum Gasteiger partial charge on any atom is -0.385 e. The first-order chi connectivity index (χ1) is 9.88. The van der Waals surface area contributed by atoms with E-state index in [-0.39, 0.29) is 16.0 Å². The van der Waals surface area contributed by atoms with Crippen molar-refractivity contribution in [2.24, 2.45) is 5.92 Å². The van der Waals surface area contributed by atoms with Crippen molar-refractivity contribution in [2.45, 2.75) is 30.5 Å². The van der Waals surface area contributed by atoms with Crippen LogP contribution in [0.15, 0.2) is 21.7 Å². The number of nitrogens with one attached hydrogen (secondary N) is 2. The summed E-state index contributed by atoms with van der Waals surface area (Å²) in [5, 5.41) is 4.41. The first kappa shape index (κ1) is 18.1. The van der Waals surface area contributed by atoms with E-state index in [9.17, 15) is 13.2 Å². The molecule has 6 nitrogen and oxygen atoms in total. The summed E-state index contributed by atoms with van der Waals surface area (Å²) in [6.07, 6.45) is 0.685. The minimum atomic E-state index is -3.66. The van der Waals surface area contributed by atoms with Crippen LogP contribution in [0.2, 0.25) is 0 Å². The number of amides is 1. The standard InChI is InChI=1S/C13H22N2O4S2/c1-10(2)12(13(16)14-7-5-8-19-3)15-21(17,18)11-6-4-9-20-11/h4,6,9-10,12,15H,5,7-8H2,1-3H3,(H,14,16)/t12-/m0/s1. The number of carbonyl (C=O) groups excluding carboxylic acids is 1. The predicted octanol–water partition coefficient (Wildman–Crippen LogP) is 1.20. The second-order valence-corrected chi connectivity index (χ2v) is 7.80. The molecular formula is C13H22N2O4S2. The monoisotopic (exact) mass is 334 g/mol. The van der Waals surface area contributed by atoms with Gasteiger partial charge in [-0.3, -0.25) is 4.79 Å². The lowest BCUT2D eigenvalue weighted by Crippen LogP contribution is -2.49. The Kier molecular flexibility index (Phi) is 7.30. The molecule has 0 spiro atoms. The Bertz CT molecular complexity index is 526. The number of carbonyl (C=O) groups is 1. The van der Waals surface area contributed by atoms with Gasteiger partial charge in [0, 0.05) is 20.3 Å². The van der Waals surface area contributed by atoms with Crippen molar-refractivity contribution in [3.63, 3.8) is 0 Å². The maximum atomic E-state index is 12.2. The van der Waals surface area contributed by atoms with Gasteiger partial charge in [0.1, 0.15) is 10.3 Å². The number of hydrogen-bond donors (Lipinski definition) is 2. The van der Waals surface area contributed by atoms with Gasteiger partial charge in [0.05, 0.1) is 0 Å². The van der Waals surface area contributed by atoms with Crippen LogP contribution < -0.4 is 10.0 Å².